The van der Waals surface area contributed by atoms with Crippen LogP contribution in [-0.2, 0) is 6.42 Å². The maximum Gasteiger partial charge on any atom is 0.251 e. The smallest absolute Gasteiger partial charge is 0.251 e. The minimum absolute atomic E-state index is 0.0857. The van der Waals surface area contributed by atoms with E-state index in [1.165, 1.54) is 5.56 Å². The molecule has 1 fully saturated rings. The van der Waals surface area contributed by atoms with Crippen molar-refractivity contribution in [2.75, 3.05) is 0 Å². The van der Waals surface area contributed by atoms with Crippen LogP contribution in [-0.4, -0.2) is 23.2 Å². The molecule has 2 N–H and O–H groups in total. The van der Waals surface area contributed by atoms with Gasteiger partial charge in [-0.2, -0.15) is 0 Å². The first-order chi connectivity index (χ1) is 10.7. The predicted molar refractivity (Wildman–Crippen MR) is 86.8 cm³/mol. The van der Waals surface area contributed by atoms with Crippen LogP contribution in [0.3, 0.4) is 0 Å². The molecule has 3 nitrogen and oxygen atoms in total. The fraction of sp³-hybridized carbons (Fsp3) is 0.316. The zero-order valence-corrected chi connectivity index (χ0v) is 12.5. The van der Waals surface area contributed by atoms with Crippen LogP contribution >= 0.6 is 0 Å². The molecule has 1 aliphatic rings. The number of amides is 1. The Morgan fingerprint density at radius 3 is 2.50 bits per heavy atom. The molecular formula is C19H21NO2. The molecule has 0 aromatic heterocycles. The molecule has 1 aliphatic carbocycles. The van der Waals surface area contributed by atoms with Crippen molar-refractivity contribution in [1.82, 2.24) is 5.32 Å². The monoisotopic (exact) mass is 295 g/mol. The third kappa shape index (κ3) is 3.37. The average Bonchev–Trinajstić information content (AvgIpc) is 2.94. The van der Waals surface area contributed by atoms with Gasteiger partial charge in [-0.05, 0) is 42.9 Å². The Morgan fingerprint density at radius 2 is 1.77 bits per heavy atom. The highest BCUT2D eigenvalue weighted by Gasteiger charge is 2.27. The van der Waals surface area contributed by atoms with Gasteiger partial charge in [0, 0.05) is 5.56 Å². The molecule has 0 bridgehead atoms. The summed E-state index contributed by atoms with van der Waals surface area (Å²) in [7, 11) is 0. The lowest BCUT2D eigenvalue weighted by molar-refractivity contribution is 0.0872. The van der Waals surface area contributed by atoms with Crippen molar-refractivity contribution in [2.24, 2.45) is 0 Å². The SMILES string of the molecule is O=C(NC1CCCC1O)c1ccccc1Cc1ccccc1. The molecule has 0 saturated heterocycles. The lowest BCUT2D eigenvalue weighted by Crippen LogP contribution is -2.40. The van der Waals surface area contributed by atoms with E-state index in [1.54, 1.807) is 0 Å². The molecule has 22 heavy (non-hydrogen) atoms. The maximum atomic E-state index is 12.5. The van der Waals surface area contributed by atoms with Gasteiger partial charge in [0.2, 0.25) is 0 Å². The summed E-state index contributed by atoms with van der Waals surface area (Å²) in [6, 6.07) is 17.7. The van der Waals surface area contributed by atoms with Crippen LogP contribution in [0.25, 0.3) is 0 Å². The van der Waals surface area contributed by atoms with Gasteiger partial charge < -0.3 is 10.4 Å². The highest BCUT2D eigenvalue weighted by atomic mass is 16.3. The maximum absolute atomic E-state index is 12.5. The topological polar surface area (TPSA) is 49.3 Å². The van der Waals surface area contributed by atoms with Crippen LogP contribution in [0, 0.1) is 0 Å². The summed E-state index contributed by atoms with van der Waals surface area (Å²) >= 11 is 0. The number of aliphatic hydroxyl groups is 1. The molecule has 0 aliphatic heterocycles. The largest absolute Gasteiger partial charge is 0.391 e. The first kappa shape index (κ1) is 14.8. The minimum atomic E-state index is -0.412. The Labute approximate surface area is 131 Å². The first-order valence-electron chi connectivity index (χ1n) is 7.85. The standard InChI is InChI=1S/C19H21NO2/c21-18-12-6-11-17(18)20-19(22)16-10-5-4-9-15(16)13-14-7-2-1-3-8-14/h1-5,7-10,17-18,21H,6,11-13H2,(H,20,22). The second kappa shape index (κ2) is 6.75. The summed E-state index contributed by atoms with van der Waals surface area (Å²) < 4.78 is 0. The number of carbonyl (C=O) groups is 1. The van der Waals surface area contributed by atoms with E-state index in [2.05, 4.69) is 17.4 Å². The van der Waals surface area contributed by atoms with E-state index < -0.39 is 6.10 Å². The van der Waals surface area contributed by atoms with E-state index >= 15 is 0 Å². The number of nitrogens with one attached hydrogen (secondary N) is 1. The van der Waals surface area contributed by atoms with Crippen molar-refractivity contribution < 1.29 is 9.90 Å². The van der Waals surface area contributed by atoms with Crippen molar-refractivity contribution in [2.45, 2.75) is 37.8 Å². The van der Waals surface area contributed by atoms with Crippen LogP contribution in [0.5, 0.6) is 0 Å². The second-order valence-electron chi connectivity index (χ2n) is 5.90. The van der Waals surface area contributed by atoms with E-state index in [0.717, 1.165) is 31.2 Å². The summed E-state index contributed by atoms with van der Waals surface area (Å²) in [5, 5.41) is 12.9. The highest BCUT2D eigenvalue weighted by molar-refractivity contribution is 5.96. The summed E-state index contributed by atoms with van der Waals surface area (Å²) in [4.78, 5) is 12.5. The van der Waals surface area contributed by atoms with E-state index in [9.17, 15) is 9.90 Å². The van der Waals surface area contributed by atoms with E-state index in [1.807, 2.05) is 42.5 Å². The van der Waals surface area contributed by atoms with Crippen LogP contribution in [0.1, 0.15) is 40.7 Å². The van der Waals surface area contributed by atoms with E-state index in [0.29, 0.717) is 5.56 Å². The van der Waals surface area contributed by atoms with Gasteiger partial charge >= 0.3 is 0 Å². The Balaban J connectivity index is 1.77. The molecular weight excluding hydrogens is 274 g/mol. The molecule has 1 amide bonds. The van der Waals surface area contributed by atoms with Crippen molar-refractivity contribution in [3.8, 4) is 0 Å². The van der Waals surface area contributed by atoms with Crippen LogP contribution in [0.15, 0.2) is 54.6 Å². The molecule has 2 atom stereocenters. The van der Waals surface area contributed by atoms with Crippen LogP contribution in [0.2, 0.25) is 0 Å². The van der Waals surface area contributed by atoms with Gasteiger partial charge in [0.1, 0.15) is 0 Å². The number of rotatable bonds is 4. The molecule has 2 unspecified atom stereocenters. The Hall–Kier alpha value is -2.13. The lowest BCUT2D eigenvalue weighted by Gasteiger charge is -2.17. The Kier molecular flexibility index (Phi) is 4.54. The molecule has 0 heterocycles. The minimum Gasteiger partial charge on any atom is -0.391 e. The zero-order chi connectivity index (χ0) is 15.4. The molecule has 2 aromatic rings. The molecule has 1 saturated carbocycles. The third-order valence-electron chi connectivity index (χ3n) is 4.30. The van der Waals surface area contributed by atoms with Gasteiger partial charge in [0.25, 0.3) is 5.91 Å². The fourth-order valence-electron chi connectivity index (χ4n) is 3.07. The number of aliphatic hydroxyl groups excluding tert-OH is 1. The average molecular weight is 295 g/mol. The van der Waals surface area contributed by atoms with Gasteiger partial charge in [-0.25, -0.2) is 0 Å². The van der Waals surface area contributed by atoms with Gasteiger partial charge in [-0.3, -0.25) is 4.79 Å². The van der Waals surface area contributed by atoms with Gasteiger partial charge in [-0.1, -0.05) is 48.5 Å². The number of benzene rings is 2. The number of hydrogen-bond donors (Lipinski definition) is 2. The Morgan fingerprint density at radius 1 is 1.05 bits per heavy atom. The summed E-state index contributed by atoms with van der Waals surface area (Å²) in [5.74, 6) is -0.0857. The molecule has 0 radical (unpaired) electrons. The van der Waals surface area contributed by atoms with Crippen LogP contribution < -0.4 is 5.32 Å². The van der Waals surface area contributed by atoms with E-state index in [4.69, 9.17) is 0 Å². The van der Waals surface area contributed by atoms with Crippen molar-refractivity contribution in [1.29, 1.82) is 0 Å². The number of hydrogen-bond acceptors (Lipinski definition) is 2. The van der Waals surface area contributed by atoms with Gasteiger partial charge in [0.05, 0.1) is 12.1 Å². The second-order valence-corrected chi connectivity index (χ2v) is 5.90. The van der Waals surface area contributed by atoms with Crippen molar-refractivity contribution in [3.63, 3.8) is 0 Å². The molecule has 0 spiro atoms. The normalized spacial score (nSPS) is 20.8. The lowest BCUT2D eigenvalue weighted by atomic mass is 9.99. The number of carbonyl (C=O) groups excluding carboxylic acids is 1. The molecule has 3 rings (SSSR count). The first-order valence-corrected chi connectivity index (χ1v) is 7.85. The van der Waals surface area contributed by atoms with Crippen molar-refractivity contribution in [3.05, 3.63) is 71.3 Å². The predicted octanol–water partition coefficient (Wildman–Crippen LogP) is 2.92. The summed E-state index contributed by atoms with van der Waals surface area (Å²) in [6.07, 6.45) is 2.92. The van der Waals surface area contributed by atoms with Crippen LogP contribution in [0.4, 0.5) is 0 Å². The third-order valence-corrected chi connectivity index (χ3v) is 4.30. The van der Waals surface area contributed by atoms with Gasteiger partial charge in [0.15, 0.2) is 0 Å². The zero-order valence-electron chi connectivity index (χ0n) is 12.5. The Bertz CT molecular complexity index is 639. The molecule has 3 heteroatoms. The quantitative estimate of drug-likeness (QED) is 0.911. The van der Waals surface area contributed by atoms with Crippen molar-refractivity contribution >= 4 is 5.91 Å². The fourth-order valence-corrected chi connectivity index (χ4v) is 3.07. The summed E-state index contributed by atoms with van der Waals surface area (Å²) in [5.41, 5.74) is 2.90. The van der Waals surface area contributed by atoms with Gasteiger partial charge in [-0.15, -0.1) is 0 Å². The summed E-state index contributed by atoms with van der Waals surface area (Å²) in [6.45, 7) is 0. The highest BCUT2D eigenvalue weighted by Crippen LogP contribution is 2.20. The van der Waals surface area contributed by atoms with E-state index in [-0.39, 0.29) is 11.9 Å². The molecule has 114 valence electrons. The molecule has 2 aromatic carbocycles.